The van der Waals surface area contributed by atoms with Gasteiger partial charge in [0.25, 0.3) is 5.91 Å². The number of rotatable bonds is 7. The first-order valence-corrected chi connectivity index (χ1v) is 10.5. The molecular weight excluding hydrogens is 491 g/mol. The molecule has 0 bridgehead atoms. The van der Waals surface area contributed by atoms with E-state index in [2.05, 4.69) is 53.8 Å². The first-order valence-electron chi connectivity index (χ1n) is 9.42. The molecule has 0 heterocycles. The fourth-order valence-corrected chi connectivity index (χ4v) is 3.96. The summed E-state index contributed by atoms with van der Waals surface area (Å²) in [5.74, 6) is 0.409. The molecule has 2 N–H and O–H groups in total. The van der Waals surface area contributed by atoms with Gasteiger partial charge < -0.3 is 15.2 Å². The van der Waals surface area contributed by atoms with E-state index in [0.29, 0.717) is 30.3 Å². The van der Waals surface area contributed by atoms with E-state index in [1.165, 1.54) is 6.08 Å². The number of nitrogens with zero attached hydrogens (tertiary/aromatic N) is 1. The minimum absolute atomic E-state index is 0.117. The highest BCUT2D eigenvalue weighted by Gasteiger charge is 2.15. The number of nitriles is 1. The van der Waals surface area contributed by atoms with Crippen LogP contribution in [0.2, 0.25) is 0 Å². The Kier molecular flexibility index (Phi) is 6.95. The van der Waals surface area contributed by atoms with E-state index >= 15 is 0 Å². The maximum atomic E-state index is 11.4. The summed E-state index contributed by atoms with van der Waals surface area (Å²) < 4.78 is 12.8. The summed E-state index contributed by atoms with van der Waals surface area (Å²) >= 11 is 2.16. The average molecular weight is 512 g/mol. The SMILES string of the molecule is CCOc1cc(/C=C(\C#N)C(N)=O)cc(I)c1OCc1c(C)ccc2ccccc12. The van der Waals surface area contributed by atoms with Crippen LogP contribution in [0, 0.1) is 21.8 Å². The number of hydrogen-bond acceptors (Lipinski definition) is 4. The minimum Gasteiger partial charge on any atom is -0.490 e. The van der Waals surface area contributed by atoms with E-state index in [0.717, 1.165) is 25.5 Å². The van der Waals surface area contributed by atoms with E-state index in [4.69, 9.17) is 20.5 Å². The third kappa shape index (κ3) is 4.74. The van der Waals surface area contributed by atoms with Gasteiger partial charge in [0.15, 0.2) is 11.5 Å². The van der Waals surface area contributed by atoms with Gasteiger partial charge in [0.2, 0.25) is 0 Å². The lowest BCUT2D eigenvalue weighted by Crippen LogP contribution is -2.12. The second kappa shape index (κ2) is 9.63. The largest absolute Gasteiger partial charge is 0.490 e. The summed E-state index contributed by atoms with van der Waals surface area (Å²) in [6.45, 7) is 4.80. The predicted molar refractivity (Wildman–Crippen MR) is 126 cm³/mol. The first-order chi connectivity index (χ1) is 14.4. The molecule has 0 saturated heterocycles. The number of primary amides is 1. The molecule has 0 aliphatic carbocycles. The highest BCUT2D eigenvalue weighted by atomic mass is 127. The number of nitrogens with two attached hydrogens (primary N) is 1. The molecule has 0 fully saturated rings. The van der Waals surface area contributed by atoms with E-state index in [9.17, 15) is 4.79 Å². The van der Waals surface area contributed by atoms with Gasteiger partial charge in [-0.25, -0.2) is 0 Å². The number of aryl methyl sites for hydroxylation is 1. The fourth-order valence-electron chi connectivity index (χ4n) is 3.18. The Labute approximate surface area is 189 Å². The Bertz CT molecular complexity index is 1180. The highest BCUT2D eigenvalue weighted by molar-refractivity contribution is 14.1. The lowest BCUT2D eigenvalue weighted by atomic mass is 10.0. The van der Waals surface area contributed by atoms with Crippen LogP contribution in [0.15, 0.2) is 54.1 Å². The van der Waals surface area contributed by atoms with Crippen LogP contribution in [-0.2, 0) is 11.4 Å². The van der Waals surface area contributed by atoms with E-state index in [-0.39, 0.29) is 5.57 Å². The van der Waals surface area contributed by atoms with Gasteiger partial charge in [-0.1, -0.05) is 36.4 Å². The standard InChI is InChI=1S/C24H21IN2O3/c1-3-29-22-12-16(10-18(13-26)24(27)28)11-21(25)23(22)30-14-20-15(2)8-9-17-6-4-5-7-19(17)20/h4-12H,3,14H2,1-2H3,(H2,27,28)/b18-10+. The van der Waals surface area contributed by atoms with Crippen LogP contribution >= 0.6 is 22.6 Å². The molecule has 0 aromatic heterocycles. The number of ether oxygens (including phenoxy) is 2. The molecule has 0 unspecified atom stereocenters. The third-order valence-corrected chi connectivity index (χ3v) is 5.47. The molecule has 1 amide bonds. The topological polar surface area (TPSA) is 85.3 Å². The average Bonchev–Trinajstić information content (AvgIpc) is 2.72. The number of halogens is 1. The van der Waals surface area contributed by atoms with Gasteiger partial charge in [-0.2, -0.15) is 5.26 Å². The molecule has 0 saturated carbocycles. The molecule has 0 spiro atoms. The highest BCUT2D eigenvalue weighted by Crippen LogP contribution is 2.36. The molecule has 3 aromatic carbocycles. The van der Waals surface area contributed by atoms with Crippen molar-refractivity contribution < 1.29 is 14.3 Å². The zero-order chi connectivity index (χ0) is 21.7. The quantitative estimate of drug-likeness (QED) is 0.271. The Balaban J connectivity index is 1.98. The van der Waals surface area contributed by atoms with Crippen LogP contribution in [-0.4, -0.2) is 12.5 Å². The van der Waals surface area contributed by atoms with Gasteiger partial charge in [0, 0.05) is 5.56 Å². The molecular formula is C24H21IN2O3. The maximum absolute atomic E-state index is 11.4. The summed E-state index contributed by atoms with van der Waals surface area (Å²) in [4.78, 5) is 11.4. The summed E-state index contributed by atoms with van der Waals surface area (Å²) in [6.07, 6.45) is 1.45. The van der Waals surface area contributed by atoms with E-state index in [1.807, 2.05) is 31.2 Å². The summed E-state index contributed by atoms with van der Waals surface area (Å²) in [7, 11) is 0. The summed E-state index contributed by atoms with van der Waals surface area (Å²) in [5, 5.41) is 11.4. The van der Waals surface area contributed by atoms with E-state index in [1.54, 1.807) is 6.07 Å². The number of hydrogen-bond donors (Lipinski definition) is 1. The molecule has 30 heavy (non-hydrogen) atoms. The maximum Gasteiger partial charge on any atom is 0.259 e. The van der Waals surface area contributed by atoms with Crippen molar-refractivity contribution >= 4 is 45.3 Å². The third-order valence-electron chi connectivity index (χ3n) is 4.66. The van der Waals surface area contributed by atoms with Crippen molar-refractivity contribution in [1.82, 2.24) is 0 Å². The molecule has 3 rings (SSSR count). The molecule has 6 heteroatoms. The number of carbonyl (C=O) groups excluding carboxylic acids is 1. The van der Waals surface area contributed by atoms with Crippen molar-refractivity contribution in [2.24, 2.45) is 5.73 Å². The van der Waals surface area contributed by atoms with Crippen LogP contribution in [0.5, 0.6) is 11.5 Å². The van der Waals surface area contributed by atoms with Crippen LogP contribution in [0.4, 0.5) is 0 Å². The number of carbonyl (C=O) groups is 1. The van der Waals surface area contributed by atoms with Crippen LogP contribution < -0.4 is 15.2 Å². The minimum atomic E-state index is -0.766. The van der Waals surface area contributed by atoms with Crippen molar-refractivity contribution in [1.29, 1.82) is 5.26 Å². The Morgan fingerprint density at radius 2 is 1.97 bits per heavy atom. The Morgan fingerprint density at radius 3 is 2.67 bits per heavy atom. The molecule has 3 aromatic rings. The molecule has 5 nitrogen and oxygen atoms in total. The Morgan fingerprint density at radius 1 is 1.20 bits per heavy atom. The van der Waals surface area contributed by atoms with Gasteiger partial charge >= 0.3 is 0 Å². The van der Waals surface area contributed by atoms with Crippen LogP contribution in [0.1, 0.15) is 23.6 Å². The first kappa shape index (κ1) is 21.7. The number of fused-ring (bicyclic) bond motifs is 1. The molecule has 0 atom stereocenters. The predicted octanol–water partition coefficient (Wildman–Crippen LogP) is 5.12. The molecule has 0 aliphatic rings. The fraction of sp³-hybridized carbons (Fsp3) is 0.167. The summed E-state index contributed by atoms with van der Waals surface area (Å²) in [6, 6.07) is 17.8. The van der Waals surface area contributed by atoms with Gasteiger partial charge in [-0.3, -0.25) is 4.79 Å². The van der Waals surface area contributed by atoms with Crippen molar-refractivity contribution in [3.63, 3.8) is 0 Å². The lowest BCUT2D eigenvalue weighted by molar-refractivity contribution is -0.114. The van der Waals surface area contributed by atoms with E-state index < -0.39 is 5.91 Å². The zero-order valence-corrected chi connectivity index (χ0v) is 18.9. The van der Waals surface area contributed by atoms with Crippen molar-refractivity contribution in [2.75, 3.05) is 6.61 Å². The van der Waals surface area contributed by atoms with Gasteiger partial charge in [-0.15, -0.1) is 0 Å². The van der Waals surface area contributed by atoms with Crippen molar-refractivity contribution in [3.8, 4) is 17.6 Å². The Hall–Kier alpha value is -3.05. The normalized spacial score (nSPS) is 11.2. The van der Waals surface area contributed by atoms with Crippen molar-refractivity contribution in [2.45, 2.75) is 20.5 Å². The second-order valence-corrected chi connectivity index (χ2v) is 7.83. The van der Waals surface area contributed by atoms with Gasteiger partial charge in [-0.05, 0) is 76.5 Å². The van der Waals surface area contributed by atoms with Gasteiger partial charge in [0.05, 0.1) is 10.2 Å². The smallest absolute Gasteiger partial charge is 0.259 e. The van der Waals surface area contributed by atoms with Gasteiger partial charge in [0.1, 0.15) is 18.2 Å². The van der Waals surface area contributed by atoms with Crippen LogP contribution in [0.25, 0.3) is 16.8 Å². The van der Waals surface area contributed by atoms with Crippen molar-refractivity contribution in [3.05, 3.63) is 74.4 Å². The number of benzene rings is 3. The monoisotopic (exact) mass is 512 g/mol. The molecule has 0 radical (unpaired) electrons. The summed E-state index contributed by atoms with van der Waals surface area (Å²) in [5.41, 5.74) is 8.05. The molecule has 0 aliphatic heterocycles. The lowest BCUT2D eigenvalue weighted by Gasteiger charge is -2.17. The molecule has 152 valence electrons. The second-order valence-electron chi connectivity index (χ2n) is 6.67. The number of amides is 1. The van der Waals surface area contributed by atoms with Crippen LogP contribution in [0.3, 0.4) is 0 Å². The zero-order valence-electron chi connectivity index (χ0n) is 16.7.